The Hall–Kier alpha value is -3.62. The molecule has 9 nitrogen and oxygen atoms in total. The van der Waals surface area contributed by atoms with Crippen molar-refractivity contribution < 1.29 is 9.59 Å². The quantitative estimate of drug-likeness (QED) is 0.371. The molecule has 0 saturated carbocycles. The number of hydrogen-bond acceptors (Lipinski definition) is 7. The van der Waals surface area contributed by atoms with E-state index >= 15 is 0 Å². The van der Waals surface area contributed by atoms with Gasteiger partial charge in [-0.05, 0) is 30.7 Å². The Morgan fingerprint density at radius 2 is 2.00 bits per heavy atom. The molecule has 0 unspecified atom stereocenters. The monoisotopic (exact) mass is 394 g/mol. The Morgan fingerprint density at radius 1 is 1.21 bits per heavy atom. The Labute approximate surface area is 167 Å². The predicted molar refractivity (Wildman–Crippen MR) is 109 cm³/mol. The fourth-order valence-corrected chi connectivity index (χ4v) is 2.67. The number of aromatic nitrogens is 4. The number of nitrogens with one attached hydrogen (secondary N) is 3. The highest BCUT2D eigenvalue weighted by atomic mass is 16.1. The Kier molecular flexibility index (Phi) is 6.62. The number of benzene rings is 1. The molecule has 0 aliphatic heterocycles. The summed E-state index contributed by atoms with van der Waals surface area (Å²) in [6, 6.07) is 7.00. The van der Waals surface area contributed by atoms with E-state index in [2.05, 4.69) is 30.6 Å². The lowest BCUT2D eigenvalue weighted by Crippen LogP contribution is -2.24. The summed E-state index contributed by atoms with van der Waals surface area (Å²) < 4.78 is 0. The van der Waals surface area contributed by atoms with E-state index in [0.717, 1.165) is 12.0 Å². The number of nitrogens with zero attached hydrogens (tertiary/aromatic N) is 3. The van der Waals surface area contributed by atoms with E-state index in [9.17, 15) is 14.4 Å². The standard InChI is InChI=1S/C20H22N6O3/c1-2-16-25-18-17(20(29)26-16)24-15(12-23-18)11-22-14-7-5-13(6-8-14)19(28)21-9-3-4-10-27/h5-8,10,12,22H,2-4,9,11H2,1H3,(H,21,28)(H,23,25,26,29). The smallest absolute Gasteiger partial charge is 0.279 e. The number of carbonyl (C=O) groups is 2. The highest BCUT2D eigenvalue weighted by Crippen LogP contribution is 2.11. The number of aromatic amines is 1. The van der Waals surface area contributed by atoms with Gasteiger partial charge in [0.1, 0.15) is 12.1 Å². The SMILES string of the molecule is CCc1nc2ncc(CNc3ccc(C(=O)NCCCC=O)cc3)nc2c(=O)[nH]1. The number of H-pyrrole nitrogens is 1. The van der Waals surface area contributed by atoms with Gasteiger partial charge in [-0.1, -0.05) is 6.92 Å². The van der Waals surface area contributed by atoms with E-state index in [0.29, 0.717) is 55.1 Å². The number of carbonyl (C=O) groups excluding carboxylic acids is 2. The van der Waals surface area contributed by atoms with E-state index < -0.39 is 0 Å². The number of aryl methyl sites for hydroxylation is 1. The van der Waals surface area contributed by atoms with Gasteiger partial charge in [0.05, 0.1) is 18.4 Å². The molecule has 2 heterocycles. The molecule has 1 amide bonds. The van der Waals surface area contributed by atoms with Crippen LogP contribution in [0, 0.1) is 0 Å². The van der Waals surface area contributed by atoms with Gasteiger partial charge in [-0.15, -0.1) is 0 Å². The van der Waals surface area contributed by atoms with Gasteiger partial charge in [0.2, 0.25) is 0 Å². The molecule has 0 fully saturated rings. The van der Waals surface area contributed by atoms with Crippen LogP contribution in [-0.2, 0) is 17.8 Å². The lowest BCUT2D eigenvalue weighted by Gasteiger charge is -2.08. The van der Waals surface area contributed by atoms with Crippen molar-refractivity contribution in [2.45, 2.75) is 32.7 Å². The summed E-state index contributed by atoms with van der Waals surface area (Å²) in [7, 11) is 0. The summed E-state index contributed by atoms with van der Waals surface area (Å²) in [5, 5.41) is 5.95. The van der Waals surface area contributed by atoms with Gasteiger partial charge in [-0.3, -0.25) is 9.59 Å². The second-order valence-electron chi connectivity index (χ2n) is 6.40. The van der Waals surface area contributed by atoms with Crippen molar-refractivity contribution in [2.75, 3.05) is 11.9 Å². The molecule has 1 aromatic carbocycles. The third-order valence-electron chi connectivity index (χ3n) is 4.26. The largest absolute Gasteiger partial charge is 0.379 e. The van der Waals surface area contributed by atoms with E-state index in [1.54, 1.807) is 30.5 Å². The van der Waals surface area contributed by atoms with Crippen molar-refractivity contribution in [1.82, 2.24) is 25.3 Å². The van der Waals surface area contributed by atoms with E-state index in [-0.39, 0.29) is 17.0 Å². The van der Waals surface area contributed by atoms with Crippen LogP contribution in [-0.4, -0.2) is 38.7 Å². The van der Waals surface area contributed by atoms with Crippen LogP contribution in [0.15, 0.2) is 35.3 Å². The minimum atomic E-state index is -0.301. The van der Waals surface area contributed by atoms with Crippen molar-refractivity contribution >= 4 is 29.0 Å². The molecule has 29 heavy (non-hydrogen) atoms. The van der Waals surface area contributed by atoms with Gasteiger partial charge in [0.15, 0.2) is 11.2 Å². The molecule has 0 aliphatic rings. The summed E-state index contributed by atoms with van der Waals surface area (Å²) in [6.07, 6.45) is 4.09. The van der Waals surface area contributed by atoms with Gasteiger partial charge < -0.3 is 20.4 Å². The van der Waals surface area contributed by atoms with Crippen LogP contribution in [0.1, 0.15) is 41.6 Å². The zero-order chi connectivity index (χ0) is 20.6. The molecule has 3 aromatic rings. The maximum absolute atomic E-state index is 12.1. The number of hydrogen-bond donors (Lipinski definition) is 3. The molecule has 9 heteroatoms. The minimum Gasteiger partial charge on any atom is -0.379 e. The molecular weight excluding hydrogens is 372 g/mol. The highest BCUT2D eigenvalue weighted by Gasteiger charge is 2.08. The second kappa shape index (κ2) is 9.54. The lowest BCUT2D eigenvalue weighted by molar-refractivity contribution is -0.107. The van der Waals surface area contributed by atoms with Crippen molar-refractivity contribution in [2.24, 2.45) is 0 Å². The van der Waals surface area contributed by atoms with E-state index in [4.69, 9.17) is 0 Å². The average molecular weight is 394 g/mol. The molecule has 0 saturated heterocycles. The van der Waals surface area contributed by atoms with Gasteiger partial charge in [0, 0.05) is 30.6 Å². The molecule has 0 radical (unpaired) electrons. The zero-order valence-corrected chi connectivity index (χ0v) is 16.1. The number of rotatable bonds is 9. The number of unbranched alkanes of at least 4 members (excludes halogenated alkanes) is 1. The molecule has 3 N–H and O–H groups in total. The van der Waals surface area contributed by atoms with Crippen LogP contribution in [0.4, 0.5) is 5.69 Å². The third-order valence-corrected chi connectivity index (χ3v) is 4.26. The van der Waals surface area contributed by atoms with Crippen molar-refractivity contribution in [3.05, 3.63) is 57.9 Å². The van der Waals surface area contributed by atoms with Crippen molar-refractivity contribution in [3.8, 4) is 0 Å². The van der Waals surface area contributed by atoms with E-state index in [1.165, 1.54) is 0 Å². The molecular formula is C20H22N6O3. The van der Waals surface area contributed by atoms with E-state index in [1.807, 2.05) is 6.92 Å². The van der Waals surface area contributed by atoms with Crippen molar-refractivity contribution in [1.29, 1.82) is 0 Å². The first-order valence-electron chi connectivity index (χ1n) is 9.41. The normalized spacial score (nSPS) is 10.7. The first-order valence-corrected chi connectivity index (χ1v) is 9.41. The van der Waals surface area contributed by atoms with Crippen LogP contribution in [0.25, 0.3) is 11.2 Å². The van der Waals surface area contributed by atoms with Crippen LogP contribution in [0.3, 0.4) is 0 Å². The molecule has 150 valence electrons. The molecule has 3 rings (SSSR count). The summed E-state index contributed by atoms with van der Waals surface area (Å²) in [5.41, 5.74) is 2.19. The lowest BCUT2D eigenvalue weighted by atomic mass is 10.2. The van der Waals surface area contributed by atoms with Crippen LogP contribution in [0.5, 0.6) is 0 Å². The number of amides is 1. The number of aldehydes is 1. The molecule has 0 spiro atoms. The second-order valence-corrected chi connectivity index (χ2v) is 6.40. The van der Waals surface area contributed by atoms with Crippen LogP contribution >= 0.6 is 0 Å². The summed E-state index contributed by atoms with van der Waals surface area (Å²) in [6.45, 7) is 2.74. The number of anilines is 1. The Bertz CT molecular complexity index is 1060. The van der Waals surface area contributed by atoms with Crippen LogP contribution < -0.4 is 16.2 Å². The number of fused-ring (bicyclic) bond motifs is 1. The van der Waals surface area contributed by atoms with Crippen LogP contribution in [0.2, 0.25) is 0 Å². The maximum atomic E-state index is 12.1. The Morgan fingerprint density at radius 3 is 2.72 bits per heavy atom. The van der Waals surface area contributed by atoms with Gasteiger partial charge >= 0.3 is 0 Å². The average Bonchev–Trinajstić information content (AvgIpc) is 2.75. The fourth-order valence-electron chi connectivity index (χ4n) is 2.67. The van der Waals surface area contributed by atoms with Gasteiger partial charge in [-0.25, -0.2) is 15.0 Å². The first kappa shape index (κ1) is 20.1. The van der Waals surface area contributed by atoms with Crippen molar-refractivity contribution in [3.63, 3.8) is 0 Å². The minimum absolute atomic E-state index is 0.180. The predicted octanol–water partition coefficient (Wildman–Crippen LogP) is 1.60. The van der Waals surface area contributed by atoms with Gasteiger partial charge in [0.25, 0.3) is 11.5 Å². The first-order chi connectivity index (χ1) is 14.1. The molecule has 2 aromatic heterocycles. The highest BCUT2D eigenvalue weighted by molar-refractivity contribution is 5.94. The summed E-state index contributed by atoms with van der Waals surface area (Å²) in [4.78, 5) is 50.0. The zero-order valence-electron chi connectivity index (χ0n) is 16.1. The summed E-state index contributed by atoms with van der Waals surface area (Å²) >= 11 is 0. The Balaban J connectivity index is 1.61. The third kappa shape index (κ3) is 5.22. The topological polar surface area (TPSA) is 130 Å². The summed E-state index contributed by atoms with van der Waals surface area (Å²) in [5.74, 6) is 0.400. The molecule has 0 bridgehead atoms. The molecule has 0 atom stereocenters. The van der Waals surface area contributed by atoms with Gasteiger partial charge in [-0.2, -0.15) is 0 Å². The molecule has 0 aliphatic carbocycles. The maximum Gasteiger partial charge on any atom is 0.279 e. The fraction of sp³-hybridized carbons (Fsp3) is 0.300.